The predicted octanol–water partition coefficient (Wildman–Crippen LogP) is 1.80. The Kier molecular flexibility index (Phi) is 4.78. The highest BCUT2D eigenvalue weighted by atomic mass is 16.5. The van der Waals surface area contributed by atoms with Crippen LogP contribution in [0.15, 0.2) is 18.2 Å². The molecule has 5 nitrogen and oxygen atoms in total. The Morgan fingerprint density at radius 3 is 2.82 bits per heavy atom. The molecule has 1 rings (SSSR count). The van der Waals surface area contributed by atoms with Gasteiger partial charge in [-0.05, 0) is 26.0 Å². The SMILES string of the molecule is CC(C)OCCNc1cccc(C(=O)O)c1N. The van der Waals surface area contributed by atoms with Crippen molar-refractivity contribution in [3.63, 3.8) is 0 Å². The van der Waals surface area contributed by atoms with E-state index in [-0.39, 0.29) is 17.4 Å². The number of aromatic carboxylic acids is 1. The van der Waals surface area contributed by atoms with Gasteiger partial charge in [-0.15, -0.1) is 0 Å². The van der Waals surface area contributed by atoms with Crippen molar-refractivity contribution in [1.29, 1.82) is 0 Å². The van der Waals surface area contributed by atoms with E-state index in [1.165, 1.54) is 6.07 Å². The number of hydrogen-bond donors (Lipinski definition) is 3. The average molecular weight is 238 g/mol. The summed E-state index contributed by atoms with van der Waals surface area (Å²) < 4.78 is 5.36. The minimum absolute atomic E-state index is 0.111. The van der Waals surface area contributed by atoms with Crippen LogP contribution in [-0.4, -0.2) is 30.3 Å². The number of ether oxygens (including phenoxy) is 1. The molecule has 0 unspecified atom stereocenters. The van der Waals surface area contributed by atoms with Crippen molar-refractivity contribution in [3.05, 3.63) is 23.8 Å². The molecule has 0 bridgehead atoms. The zero-order valence-electron chi connectivity index (χ0n) is 10.1. The standard InChI is InChI=1S/C12H18N2O3/c1-8(2)17-7-6-14-10-5-3-4-9(11(10)13)12(15)16/h3-5,8,14H,6-7,13H2,1-2H3,(H,15,16). The summed E-state index contributed by atoms with van der Waals surface area (Å²) in [5.41, 5.74) is 6.73. The molecule has 4 N–H and O–H groups in total. The van der Waals surface area contributed by atoms with E-state index in [2.05, 4.69) is 5.32 Å². The highest BCUT2D eigenvalue weighted by Crippen LogP contribution is 2.22. The maximum absolute atomic E-state index is 10.9. The monoisotopic (exact) mass is 238 g/mol. The van der Waals surface area contributed by atoms with E-state index in [4.69, 9.17) is 15.6 Å². The molecule has 0 fully saturated rings. The van der Waals surface area contributed by atoms with Gasteiger partial charge in [0.2, 0.25) is 0 Å². The lowest BCUT2D eigenvalue weighted by Crippen LogP contribution is -2.14. The minimum Gasteiger partial charge on any atom is -0.478 e. The lowest BCUT2D eigenvalue weighted by molar-refractivity contribution is 0.0698. The first-order valence-corrected chi connectivity index (χ1v) is 5.49. The number of hydrogen-bond acceptors (Lipinski definition) is 4. The number of carboxylic acid groups (broad SMARTS) is 1. The first-order valence-electron chi connectivity index (χ1n) is 5.49. The zero-order valence-corrected chi connectivity index (χ0v) is 10.1. The molecule has 0 amide bonds. The third-order valence-electron chi connectivity index (χ3n) is 2.21. The molecule has 5 heteroatoms. The summed E-state index contributed by atoms with van der Waals surface area (Å²) in [5, 5.41) is 12.0. The van der Waals surface area contributed by atoms with Crippen LogP contribution in [0.25, 0.3) is 0 Å². The Morgan fingerprint density at radius 2 is 2.24 bits per heavy atom. The summed E-state index contributed by atoms with van der Waals surface area (Å²) in [7, 11) is 0. The van der Waals surface area contributed by atoms with Crippen molar-refractivity contribution in [3.8, 4) is 0 Å². The van der Waals surface area contributed by atoms with E-state index in [0.717, 1.165) is 0 Å². The number of carbonyl (C=O) groups is 1. The van der Waals surface area contributed by atoms with Crippen molar-refractivity contribution in [2.45, 2.75) is 20.0 Å². The molecular formula is C12H18N2O3. The molecule has 0 aliphatic heterocycles. The van der Waals surface area contributed by atoms with E-state index in [0.29, 0.717) is 18.8 Å². The second kappa shape index (κ2) is 6.10. The second-order valence-electron chi connectivity index (χ2n) is 3.92. The second-order valence-corrected chi connectivity index (χ2v) is 3.92. The van der Waals surface area contributed by atoms with Crippen LogP contribution in [0.2, 0.25) is 0 Å². The molecule has 0 aromatic heterocycles. The van der Waals surface area contributed by atoms with Crippen molar-refractivity contribution >= 4 is 17.3 Å². The number of para-hydroxylation sites is 1. The van der Waals surface area contributed by atoms with E-state index in [9.17, 15) is 4.79 Å². The normalized spacial score (nSPS) is 10.5. The smallest absolute Gasteiger partial charge is 0.337 e. The Labute approximate surface area is 101 Å². The Bertz CT molecular complexity index is 391. The highest BCUT2D eigenvalue weighted by Gasteiger charge is 2.10. The summed E-state index contributed by atoms with van der Waals surface area (Å²) in [6, 6.07) is 4.88. The molecule has 1 aromatic carbocycles. The molecule has 94 valence electrons. The largest absolute Gasteiger partial charge is 0.478 e. The van der Waals surface area contributed by atoms with Crippen LogP contribution in [0.1, 0.15) is 24.2 Å². The van der Waals surface area contributed by atoms with Crippen molar-refractivity contribution in [1.82, 2.24) is 0 Å². The number of benzene rings is 1. The molecule has 0 saturated carbocycles. The molecule has 17 heavy (non-hydrogen) atoms. The van der Waals surface area contributed by atoms with Crippen LogP contribution in [0.5, 0.6) is 0 Å². The van der Waals surface area contributed by atoms with Crippen LogP contribution in [0, 0.1) is 0 Å². The number of carboxylic acids is 1. The van der Waals surface area contributed by atoms with Gasteiger partial charge in [-0.2, -0.15) is 0 Å². The fourth-order valence-corrected chi connectivity index (χ4v) is 1.39. The number of rotatable bonds is 6. The predicted molar refractivity (Wildman–Crippen MR) is 67.4 cm³/mol. The Balaban J connectivity index is 2.59. The topological polar surface area (TPSA) is 84.6 Å². The van der Waals surface area contributed by atoms with E-state index < -0.39 is 5.97 Å². The quantitative estimate of drug-likeness (QED) is 0.520. The van der Waals surface area contributed by atoms with Gasteiger partial charge in [0.25, 0.3) is 0 Å². The maximum atomic E-state index is 10.9. The van der Waals surface area contributed by atoms with Gasteiger partial charge < -0.3 is 20.9 Å². The minimum atomic E-state index is -1.02. The Hall–Kier alpha value is -1.75. The lowest BCUT2D eigenvalue weighted by atomic mass is 10.1. The van der Waals surface area contributed by atoms with Crippen LogP contribution in [0.4, 0.5) is 11.4 Å². The summed E-state index contributed by atoms with van der Waals surface area (Å²) in [6.07, 6.45) is 0.180. The number of anilines is 2. The molecule has 0 radical (unpaired) electrons. The molecule has 1 aromatic rings. The number of nitrogens with one attached hydrogen (secondary N) is 1. The molecule has 0 heterocycles. The van der Waals surface area contributed by atoms with Crippen molar-refractivity contribution < 1.29 is 14.6 Å². The maximum Gasteiger partial charge on any atom is 0.337 e. The van der Waals surface area contributed by atoms with Crippen LogP contribution >= 0.6 is 0 Å². The van der Waals surface area contributed by atoms with Crippen LogP contribution in [0.3, 0.4) is 0 Å². The van der Waals surface area contributed by atoms with Crippen LogP contribution in [-0.2, 0) is 4.74 Å². The van der Waals surface area contributed by atoms with Gasteiger partial charge in [0.15, 0.2) is 0 Å². The highest BCUT2D eigenvalue weighted by molar-refractivity contribution is 5.97. The molecule has 0 saturated heterocycles. The lowest BCUT2D eigenvalue weighted by Gasteiger charge is -2.12. The van der Waals surface area contributed by atoms with E-state index in [1.54, 1.807) is 12.1 Å². The fourth-order valence-electron chi connectivity index (χ4n) is 1.39. The molecular weight excluding hydrogens is 220 g/mol. The van der Waals surface area contributed by atoms with E-state index in [1.807, 2.05) is 13.8 Å². The molecule has 0 atom stereocenters. The molecule has 0 aliphatic rings. The third-order valence-corrected chi connectivity index (χ3v) is 2.21. The molecule has 0 spiro atoms. The van der Waals surface area contributed by atoms with Gasteiger partial charge in [0, 0.05) is 6.54 Å². The first-order chi connectivity index (χ1) is 8.02. The van der Waals surface area contributed by atoms with Gasteiger partial charge in [-0.25, -0.2) is 4.79 Å². The van der Waals surface area contributed by atoms with Crippen LogP contribution < -0.4 is 11.1 Å². The zero-order chi connectivity index (χ0) is 12.8. The summed E-state index contributed by atoms with van der Waals surface area (Å²) in [6.45, 7) is 5.05. The average Bonchev–Trinajstić information content (AvgIpc) is 2.25. The van der Waals surface area contributed by atoms with Crippen molar-refractivity contribution in [2.24, 2.45) is 0 Å². The third kappa shape index (κ3) is 3.96. The van der Waals surface area contributed by atoms with Gasteiger partial charge >= 0.3 is 5.97 Å². The summed E-state index contributed by atoms with van der Waals surface area (Å²) in [4.78, 5) is 10.9. The molecule has 0 aliphatic carbocycles. The first kappa shape index (κ1) is 13.3. The van der Waals surface area contributed by atoms with Gasteiger partial charge in [0.1, 0.15) is 0 Å². The summed E-state index contributed by atoms with van der Waals surface area (Å²) in [5.74, 6) is -1.02. The van der Waals surface area contributed by atoms with Crippen molar-refractivity contribution in [2.75, 3.05) is 24.2 Å². The van der Waals surface area contributed by atoms with Gasteiger partial charge in [0.05, 0.1) is 29.6 Å². The summed E-state index contributed by atoms with van der Waals surface area (Å²) >= 11 is 0. The Morgan fingerprint density at radius 1 is 1.53 bits per heavy atom. The van der Waals surface area contributed by atoms with E-state index >= 15 is 0 Å². The number of nitrogens with two attached hydrogens (primary N) is 1. The number of nitrogen functional groups attached to an aromatic ring is 1. The van der Waals surface area contributed by atoms with Gasteiger partial charge in [-0.3, -0.25) is 0 Å². The van der Waals surface area contributed by atoms with Gasteiger partial charge in [-0.1, -0.05) is 6.07 Å². The fraction of sp³-hybridized carbons (Fsp3) is 0.417.